The molecule has 1 saturated heterocycles. The average molecular weight is 291 g/mol. The number of carbonyl (C=O) groups is 2. The summed E-state index contributed by atoms with van der Waals surface area (Å²) in [6.45, 7) is 1.46. The van der Waals surface area contributed by atoms with Crippen LogP contribution >= 0.6 is 11.6 Å². The molecule has 0 spiro atoms. The number of hydrogen-bond acceptors (Lipinski definition) is 2. The van der Waals surface area contributed by atoms with Crippen molar-refractivity contribution in [3.05, 3.63) is 35.5 Å². The molecule has 2 heterocycles. The zero-order chi connectivity index (χ0) is 14.1. The van der Waals surface area contributed by atoms with Crippen LogP contribution in [0.15, 0.2) is 24.4 Å². The van der Waals surface area contributed by atoms with Gasteiger partial charge in [0.2, 0.25) is 5.91 Å². The maximum atomic E-state index is 11.7. The van der Waals surface area contributed by atoms with E-state index in [0.717, 1.165) is 29.4 Å². The van der Waals surface area contributed by atoms with Gasteiger partial charge >= 0.3 is 0 Å². The lowest BCUT2D eigenvalue weighted by atomic mass is 10.1. The number of rotatable bonds is 4. The number of amides is 1. The van der Waals surface area contributed by atoms with Crippen LogP contribution in [-0.2, 0) is 11.3 Å². The van der Waals surface area contributed by atoms with E-state index in [9.17, 15) is 9.59 Å². The molecular formula is C15H15ClN2O2. The molecule has 0 atom stereocenters. The van der Waals surface area contributed by atoms with Gasteiger partial charge < -0.3 is 9.88 Å². The Morgan fingerprint density at radius 2 is 2.25 bits per heavy atom. The van der Waals surface area contributed by atoms with Gasteiger partial charge in [0.25, 0.3) is 0 Å². The second-order valence-electron chi connectivity index (χ2n) is 5.06. The molecular weight excluding hydrogens is 276 g/mol. The third-order valence-corrected chi connectivity index (χ3v) is 3.96. The Hall–Kier alpha value is -1.81. The van der Waals surface area contributed by atoms with Gasteiger partial charge in [0.05, 0.1) is 5.88 Å². The molecule has 3 rings (SSSR count). The van der Waals surface area contributed by atoms with Gasteiger partial charge in [0, 0.05) is 42.2 Å². The first-order valence-corrected chi connectivity index (χ1v) is 7.19. The van der Waals surface area contributed by atoms with Crippen molar-refractivity contribution in [3.63, 3.8) is 0 Å². The third kappa shape index (κ3) is 2.31. The van der Waals surface area contributed by atoms with E-state index < -0.39 is 0 Å². The number of hydrogen-bond donors (Lipinski definition) is 1. The number of H-pyrrole nitrogens is 1. The van der Waals surface area contributed by atoms with Crippen LogP contribution in [0.25, 0.3) is 10.9 Å². The molecule has 1 N–H and O–H groups in total. The molecule has 20 heavy (non-hydrogen) atoms. The number of carbonyl (C=O) groups excluding carboxylic acids is 2. The lowest BCUT2D eigenvalue weighted by molar-refractivity contribution is -0.128. The predicted molar refractivity (Wildman–Crippen MR) is 78.0 cm³/mol. The number of ketones is 1. The lowest BCUT2D eigenvalue weighted by Crippen LogP contribution is -2.23. The van der Waals surface area contributed by atoms with Gasteiger partial charge in [-0.3, -0.25) is 9.59 Å². The highest BCUT2D eigenvalue weighted by Crippen LogP contribution is 2.22. The van der Waals surface area contributed by atoms with E-state index in [4.69, 9.17) is 11.6 Å². The van der Waals surface area contributed by atoms with E-state index in [-0.39, 0.29) is 17.6 Å². The van der Waals surface area contributed by atoms with Gasteiger partial charge in [-0.25, -0.2) is 0 Å². The van der Waals surface area contributed by atoms with E-state index in [1.54, 1.807) is 6.20 Å². The van der Waals surface area contributed by atoms with Gasteiger partial charge in [-0.05, 0) is 18.1 Å². The molecule has 4 nitrogen and oxygen atoms in total. The number of likely N-dealkylation sites (tertiary alicyclic amines) is 1. The molecule has 1 aliphatic heterocycles. The summed E-state index contributed by atoms with van der Waals surface area (Å²) in [6.07, 6.45) is 3.29. The molecule has 1 aromatic carbocycles. The van der Waals surface area contributed by atoms with Gasteiger partial charge in [0.15, 0.2) is 5.78 Å². The fourth-order valence-electron chi connectivity index (χ4n) is 2.67. The first kappa shape index (κ1) is 13.2. The highest BCUT2D eigenvalue weighted by atomic mass is 35.5. The smallest absolute Gasteiger partial charge is 0.222 e. The minimum Gasteiger partial charge on any atom is -0.360 e. The maximum absolute atomic E-state index is 11.7. The minimum absolute atomic E-state index is 0.0169. The fraction of sp³-hybridized carbons (Fsp3) is 0.333. The Balaban J connectivity index is 1.88. The number of benzene rings is 1. The predicted octanol–water partition coefficient (Wildman–Crippen LogP) is 2.71. The van der Waals surface area contributed by atoms with Crippen molar-refractivity contribution in [2.24, 2.45) is 0 Å². The minimum atomic E-state index is -0.0830. The largest absolute Gasteiger partial charge is 0.360 e. The molecule has 104 valence electrons. The van der Waals surface area contributed by atoms with Crippen molar-refractivity contribution in [2.75, 3.05) is 12.4 Å². The monoisotopic (exact) mass is 290 g/mol. The van der Waals surface area contributed by atoms with Gasteiger partial charge in [0.1, 0.15) is 0 Å². The van der Waals surface area contributed by atoms with Crippen molar-refractivity contribution >= 4 is 34.2 Å². The van der Waals surface area contributed by atoms with Crippen LogP contribution < -0.4 is 0 Å². The molecule has 1 aromatic heterocycles. The summed E-state index contributed by atoms with van der Waals surface area (Å²) in [5.41, 5.74) is 2.60. The summed E-state index contributed by atoms with van der Waals surface area (Å²) in [4.78, 5) is 28.3. The number of nitrogens with zero attached hydrogens (tertiary/aromatic N) is 1. The first-order chi connectivity index (χ1) is 9.69. The van der Waals surface area contributed by atoms with Crippen LogP contribution in [0, 0.1) is 0 Å². The Kier molecular flexibility index (Phi) is 3.49. The van der Waals surface area contributed by atoms with Crippen molar-refractivity contribution < 1.29 is 9.59 Å². The number of nitrogens with one attached hydrogen (secondary N) is 1. The summed E-state index contributed by atoms with van der Waals surface area (Å²) in [6, 6.07) is 5.88. The zero-order valence-corrected chi connectivity index (χ0v) is 11.7. The third-order valence-electron chi connectivity index (χ3n) is 3.71. The van der Waals surface area contributed by atoms with Crippen LogP contribution in [0.5, 0.6) is 0 Å². The standard InChI is InChI=1S/C15H15ClN2O2/c16-7-14(19)12-8-17-13-6-10(3-4-11(12)13)9-18-5-1-2-15(18)20/h3-4,6,8,17H,1-2,5,7,9H2. The molecule has 2 aromatic rings. The van der Waals surface area contributed by atoms with E-state index >= 15 is 0 Å². The van der Waals surface area contributed by atoms with E-state index in [0.29, 0.717) is 18.5 Å². The molecule has 1 aliphatic rings. The van der Waals surface area contributed by atoms with Crippen LogP contribution in [0.4, 0.5) is 0 Å². The summed E-state index contributed by atoms with van der Waals surface area (Å²) in [7, 11) is 0. The quantitative estimate of drug-likeness (QED) is 0.695. The molecule has 0 aliphatic carbocycles. The summed E-state index contributed by atoms with van der Waals surface area (Å²) in [5.74, 6) is 0.117. The van der Waals surface area contributed by atoms with E-state index in [2.05, 4.69) is 4.98 Å². The van der Waals surface area contributed by atoms with E-state index in [1.165, 1.54) is 0 Å². The SMILES string of the molecule is O=C(CCl)c1c[nH]c2cc(CN3CCCC3=O)ccc12. The van der Waals surface area contributed by atoms with Crippen LogP contribution in [0.2, 0.25) is 0 Å². The normalized spacial score (nSPS) is 15.2. The first-order valence-electron chi connectivity index (χ1n) is 6.66. The Labute approximate surface area is 121 Å². The topological polar surface area (TPSA) is 53.2 Å². The second kappa shape index (κ2) is 5.29. The lowest BCUT2D eigenvalue weighted by Gasteiger charge is -2.15. The molecule has 5 heteroatoms. The van der Waals surface area contributed by atoms with Crippen molar-refractivity contribution in [3.8, 4) is 0 Å². The van der Waals surface area contributed by atoms with Crippen LogP contribution in [0.3, 0.4) is 0 Å². The molecule has 1 fully saturated rings. The second-order valence-corrected chi connectivity index (χ2v) is 5.33. The Morgan fingerprint density at radius 1 is 1.40 bits per heavy atom. The molecule has 0 unspecified atom stereocenters. The highest BCUT2D eigenvalue weighted by Gasteiger charge is 2.20. The number of aromatic amines is 1. The number of alkyl halides is 1. The maximum Gasteiger partial charge on any atom is 0.222 e. The zero-order valence-electron chi connectivity index (χ0n) is 11.0. The average Bonchev–Trinajstić information content (AvgIpc) is 3.05. The summed E-state index contributed by atoms with van der Waals surface area (Å²) < 4.78 is 0. The number of aromatic nitrogens is 1. The molecule has 0 bridgehead atoms. The van der Waals surface area contributed by atoms with Crippen LogP contribution in [-0.4, -0.2) is 34.0 Å². The number of Topliss-reactive ketones (excluding diaryl/α,β-unsaturated/α-hetero) is 1. The van der Waals surface area contributed by atoms with Gasteiger partial charge in [-0.2, -0.15) is 0 Å². The Morgan fingerprint density at radius 3 is 2.95 bits per heavy atom. The molecule has 0 radical (unpaired) electrons. The van der Waals surface area contributed by atoms with Crippen molar-refractivity contribution in [2.45, 2.75) is 19.4 Å². The van der Waals surface area contributed by atoms with Gasteiger partial charge in [-0.1, -0.05) is 12.1 Å². The van der Waals surface area contributed by atoms with E-state index in [1.807, 2.05) is 23.1 Å². The van der Waals surface area contributed by atoms with Gasteiger partial charge in [-0.15, -0.1) is 11.6 Å². The summed E-state index contributed by atoms with van der Waals surface area (Å²) in [5, 5.41) is 0.882. The number of fused-ring (bicyclic) bond motifs is 1. The van der Waals surface area contributed by atoms with Crippen molar-refractivity contribution in [1.82, 2.24) is 9.88 Å². The van der Waals surface area contributed by atoms with Crippen LogP contribution in [0.1, 0.15) is 28.8 Å². The highest BCUT2D eigenvalue weighted by molar-refractivity contribution is 6.31. The summed E-state index contributed by atoms with van der Waals surface area (Å²) >= 11 is 5.60. The Bertz CT molecular complexity index is 678. The molecule has 0 saturated carbocycles. The number of halogens is 1. The fourth-order valence-corrected chi connectivity index (χ4v) is 2.81. The molecule has 1 amide bonds. The van der Waals surface area contributed by atoms with Crippen molar-refractivity contribution in [1.29, 1.82) is 0 Å².